The summed E-state index contributed by atoms with van der Waals surface area (Å²) in [6.45, 7) is 3.87. The van der Waals surface area contributed by atoms with Crippen LogP contribution in [-0.4, -0.2) is 81.6 Å². The van der Waals surface area contributed by atoms with Gasteiger partial charge in [-0.3, -0.25) is 23.2 Å². The Balaban J connectivity index is 4.51. The molecule has 0 aliphatic heterocycles. The lowest BCUT2D eigenvalue weighted by molar-refractivity contribution is -0.161. The van der Waals surface area contributed by atoms with Crippen LogP contribution in [0.4, 0.5) is 0 Å². The number of carbonyl (C=O) groups excluding carboxylic acids is 2. The number of esters is 2. The van der Waals surface area contributed by atoms with Crippen LogP contribution in [0.2, 0.25) is 0 Å². The Labute approximate surface area is 417 Å². The molecule has 400 valence electrons. The van der Waals surface area contributed by atoms with Crippen LogP contribution in [0.5, 0.6) is 0 Å². The Morgan fingerprint density at radius 2 is 1.03 bits per heavy atom. The van der Waals surface area contributed by atoms with Gasteiger partial charge >= 0.3 is 27.6 Å². The highest BCUT2D eigenvalue weighted by molar-refractivity contribution is 7.47. The fourth-order valence-corrected chi connectivity index (χ4v) is 8.06. The Morgan fingerprint density at radius 3 is 1.57 bits per heavy atom. The van der Waals surface area contributed by atoms with E-state index in [1.807, 2.05) is 54.7 Å². The number of aliphatic hydroxyl groups excluding tert-OH is 2. The number of aliphatic hydroxyl groups is 2. The van der Waals surface area contributed by atoms with Crippen molar-refractivity contribution in [3.8, 4) is 0 Å². The van der Waals surface area contributed by atoms with Gasteiger partial charge in [0.25, 0.3) is 0 Å². The third kappa shape index (κ3) is 50.3. The van der Waals surface area contributed by atoms with E-state index in [1.54, 1.807) is 6.08 Å². The molecule has 0 bridgehead atoms. The highest BCUT2D eigenvalue weighted by Crippen LogP contribution is 2.44. The first-order valence-electron chi connectivity index (χ1n) is 26.1. The maximum Gasteiger partial charge on any atom is 0.472 e. The molecule has 0 saturated heterocycles. The maximum atomic E-state index is 12.7. The van der Waals surface area contributed by atoms with Gasteiger partial charge in [-0.1, -0.05) is 216 Å². The second-order valence-corrected chi connectivity index (χ2v) is 20.6. The molecule has 0 fully saturated rings. The zero-order valence-corrected chi connectivity index (χ0v) is 44.5. The Bertz CT molecular complexity index is 1520. The number of hydrogen-bond acceptors (Lipinski definition) is 11. The number of rotatable bonds is 48. The molecule has 0 aromatic heterocycles. The van der Waals surface area contributed by atoms with E-state index in [4.69, 9.17) is 28.3 Å². The van der Waals surface area contributed by atoms with Gasteiger partial charge in [-0.15, -0.1) is 0 Å². The molecule has 0 amide bonds. The van der Waals surface area contributed by atoms with Gasteiger partial charge in [0.05, 0.1) is 25.9 Å². The summed E-state index contributed by atoms with van der Waals surface area (Å²) in [4.78, 5) is 52.9. The van der Waals surface area contributed by atoms with Crippen LogP contribution in [0.25, 0.3) is 0 Å². The summed E-state index contributed by atoms with van der Waals surface area (Å²) in [7, 11) is -9.73. The van der Waals surface area contributed by atoms with Crippen molar-refractivity contribution in [2.45, 2.75) is 219 Å². The predicted octanol–water partition coefficient (Wildman–Crippen LogP) is 13.3. The molecule has 0 aromatic rings. The van der Waals surface area contributed by atoms with Crippen molar-refractivity contribution in [2.75, 3.05) is 26.4 Å². The van der Waals surface area contributed by atoms with Crippen LogP contribution in [0.1, 0.15) is 201 Å². The van der Waals surface area contributed by atoms with Crippen LogP contribution < -0.4 is 0 Å². The van der Waals surface area contributed by atoms with Gasteiger partial charge in [0, 0.05) is 12.8 Å². The molecule has 16 heteroatoms. The van der Waals surface area contributed by atoms with Crippen molar-refractivity contribution < 1.29 is 66.7 Å². The monoisotopic (exact) mass is 1020 g/mol. The molecule has 0 heterocycles. The summed E-state index contributed by atoms with van der Waals surface area (Å²) in [5, 5.41) is 19.6. The first-order valence-corrected chi connectivity index (χ1v) is 29.2. The van der Waals surface area contributed by atoms with Crippen molar-refractivity contribution >= 4 is 27.6 Å². The first kappa shape index (κ1) is 66.5. The molecule has 5 atom stereocenters. The highest BCUT2D eigenvalue weighted by atomic mass is 31.2. The minimum absolute atomic E-state index is 0.0108. The highest BCUT2D eigenvalue weighted by Gasteiger charge is 2.28. The minimum Gasteiger partial charge on any atom is -0.462 e. The van der Waals surface area contributed by atoms with E-state index in [0.29, 0.717) is 25.7 Å². The van der Waals surface area contributed by atoms with Crippen LogP contribution in [0.15, 0.2) is 72.9 Å². The van der Waals surface area contributed by atoms with Crippen molar-refractivity contribution in [2.24, 2.45) is 5.92 Å². The average molecular weight is 1020 g/mol. The second-order valence-electron chi connectivity index (χ2n) is 17.9. The summed E-state index contributed by atoms with van der Waals surface area (Å²) in [5.41, 5.74) is 0. The quantitative estimate of drug-likeness (QED) is 0.0126. The van der Waals surface area contributed by atoms with Crippen LogP contribution >= 0.6 is 15.6 Å². The van der Waals surface area contributed by atoms with Crippen LogP contribution in [0.3, 0.4) is 0 Å². The summed E-state index contributed by atoms with van der Waals surface area (Å²) >= 11 is 0. The van der Waals surface area contributed by atoms with Gasteiger partial charge in [0.15, 0.2) is 6.10 Å². The fraction of sp³-hybridized carbons (Fsp3) is 0.736. The van der Waals surface area contributed by atoms with Gasteiger partial charge in [-0.25, -0.2) is 9.13 Å². The SMILES string of the molecule is CC/C=C\CC(O)/C=C/C=C/C/C=C\C/C=C\C/C=C\CCC(=O)O[C@H](COC(=O)CCCCCCCCCCCCCCCCCCCCC(C)CC)COP(=O)(O)OC[C@@H](O)COP(=O)(O)O. The largest absolute Gasteiger partial charge is 0.472 e. The normalized spacial score (nSPS) is 15.3. The Morgan fingerprint density at radius 1 is 0.536 bits per heavy atom. The van der Waals surface area contributed by atoms with Gasteiger partial charge in [-0.05, 0) is 50.9 Å². The van der Waals surface area contributed by atoms with Crippen molar-refractivity contribution in [1.29, 1.82) is 0 Å². The van der Waals surface area contributed by atoms with Crippen LogP contribution in [-0.2, 0) is 41.8 Å². The lowest BCUT2D eigenvalue weighted by atomic mass is 9.99. The molecule has 0 aliphatic carbocycles. The predicted molar refractivity (Wildman–Crippen MR) is 277 cm³/mol. The molecule has 0 radical (unpaired) electrons. The fourth-order valence-electron chi connectivity index (χ4n) is 6.91. The van der Waals surface area contributed by atoms with Gasteiger partial charge in [0.2, 0.25) is 0 Å². The van der Waals surface area contributed by atoms with Crippen LogP contribution in [0, 0.1) is 5.92 Å². The molecule has 0 aliphatic rings. The van der Waals surface area contributed by atoms with Gasteiger partial charge in [-0.2, -0.15) is 0 Å². The lowest BCUT2D eigenvalue weighted by Gasteiger charge is -2.20. The third-order valence-electron chi connectivity index (χ3n) is 11.2. The standard InChI is InChI=1S/C53H94O14P2/c1-4-6-34-40-49(54)41-36-31-27-23-19-15-13-17-21-25-29-33-38-43-53(57)67-51(47-66-69(61,62)65-45-50(55)44-64-68(58,59)60)46-63-52(56)42-37-32-28-24-20-16-12-10-8-7-9-11-14-18-22-26-30-35-39-48(3)5-2/h6,15,17,19,21,27,29,31,33-34,36,41,48-51,54-55H,4-5,7-14,16,18,20,22-26,28,30,32,35,37-40,42-47H2,1-3H3,(H,61,62)(H2,58,59,60)/b19-15-,21-17-,31-27+,33-29-,34-6-,41-36+/t48?,49?,50-,51+/m0/s1. The van der Waals surface area contributed by atoms with E-state index < -0.39 is 72.3 Å². The number of ether oxygens (including phenoxy) is 2. The van der Waals surface area contributed by atoms with E-state index in [9.17, 15) is 33.8 Å². The lowest BCUT2D eigenvalue weighted by Crippen LogP contribution is -2.29. The van der Waals surface area contributed by atoms with E-state index in [0.717, 1.165) is 44.4 Å². The number of carbonyl (C=O) groups is 2. The summed E-state index contributed by atoms with van der Waals surface area (Å²) < 4.78 is 47.9. The molecule has 69 heavy (non-hydrogen) atoms. The zero-order chi connectivity index (χ0) is 51.1. The number of hydrogen-bond donors (Lipinski definition) is 5. The average Bonchev–Trinajstić information content (AvgIpc) is 3.31. The molecule has 5 N–H and O–H groups in total. The first-order chi connectivity index (χ1) is 33.2. The minimum atomic E-state index is -4.88. The molecule has 3 unspecified atom stereocenters. The Hall–Kier alpha value is -2.48. The number of phosphoric acid groups is 2. The van der Waals surface area contributed by atoms with Crippen molar-refractivity contribution in [1.82, 2.24) is 0 Å². The molecular formula is C53H94O14P2. The molecular weight excluding hydrogens is 923 g/mol. The molecule has 0 aromatic carbocycles. The maximum absolute atomic E-state index is 12.7. The second kappa shape index (κ2) is 46.6. The molecule has 0 rings (SSSR count). The Kier molecular flexibility index (Phi) is 44.9. The molecule has 14 nitrogen and oxygen atoms in total. The van der Waals surface area contributed by atoms with Crippen molar-refractivity contribution in [3.05, 3.63) is 72.9 Å². The van der Waals surface area contributed by atoms with Crippen molar-refractivity contribution in [3.63, 3.8) is 0 Å². The molecule has 0 spiro atoms. The van der Waals surface area contributed by atoms with E-state index in [1.165, 1.54) is 103 Å². The number of unbranched alkanes of at least 4 members (excludes halogenated alkanes) is 17. The zero-order valence-electron chi connectivity index (χ0n) is 42.7. The number of phosphoric ester groups is 2. The van der Waals surface area contributed by atoms with Gasteiger partial charge < -0.3 is 34.4 Å². The topological polar surface area (TPSA) is 216 Å². The molecule has 0 saturated carbocycles. The van der Waals surface area contributed by atoms with E-state index in [-0.39, 0.29) is 12.8 Å². The number of allylic oxidation sites excluding steroid dienone is 10. The third-order valence-corrected chi connectivity index (χ3v) is 12.7. The summed E-state index contributed by atoms with van der Waals surface area (Å²) in [6.07, 6.45) is 49.5. The van der Waals surface area contributed by atoms with Gasteiger partial charge in [0.1, 0.15) is 12.7 Å². The van der Waals surface area contributed by atoms with E-state index in [2.05, 4.69) is 37.4 Å². The summed E-state index contributed by atoms with van der Waals surface area (Å²) in [6, 6.07) is 0. The van der Waals surface area contributed by atoms with E-state index >= 15 is 0 Å². The summed E-state index contributed by atoms with van der Waals surface area (Å²) in [5.74, 6) is -0.267. The smallest absolute Gasteiger partial charge is 0.462 e.